The molecular formula is C15H22N4. The highest BCUT2D eigenvalue weighted by Crippen LogP contribution is 2.20. The van der Waals surface area contributed by atoms with Crippen molar-refractivity contribution >= 4 is 16.6 Å². The van der Waals surface area contributed by atoms with Crippen molar-refractivity contribution in [3.8, 4) is 0 Å². The summed E-state index contributed by atoms with van der Waals surface area (Å²) in [5, 5.41) is 12.6. The SMILES string of the molecule is CCC(CC)C(N)CNc1cnnc2ccccc12. The molecule has 4 heteroatoms. The van der Waals surface area contributed by atoms with Gasteiger partial charge in [-0.3, -0.25) is 0 Å². The molecule has 0 aliphatic rings. The Kier molecular flexibility index (Phi) is 4.68. The average Bonchev–Trinajstić information content (AvgIpc) is 2.46. The van der Waals surface area contributed by atoms with Gasteiger partial charge in [-0.05, 0) is 12.0 Å². The van der Waals surface area contributed by atoms with Gasteiger partial charge in [0.1, 0.15) is 0 Å². The molecule has 0 aliphatic heterocycles. The number of fused-ring (bicyclic) bond motifs is 1. The fraction of sp³-hybridized carbons (Fsp3) is 0.467. The van der Waals surface area contributed by atoms with Gasteiger partial charge in [0, 0.05) is 18.0 Å². The summed E-state index contributed by atoms with van der Waals surface area (Å²) in [4.78, 5) is 0. The van der Waals surface area contributed by atoms with Crippen molar-refractivity contribution in [3.63, 3.8) is 0 Å². The Hall–Kier alpha value is -1.68. The van der Waals surface area contributed by atoms with E-state index in [-0.39, 0.29) is 6.04 Å². The molecule has 0 bridgehead atoms. The van der Waals surface area contributed by atoms with Crippen molar-refractivity contribution in [2.24, 2.45) is 11.7 Å². The molecule has 0 spiro atoms. The molecule has 0 saturated heterocycles. The molecule has 3 N–H and O–H groups in total. The van der Waals surface area contributed by atoms with E-state index in [1.54, 1.807) is 6.20 Å². The topological polar surface area (TPSA) is 63.8 Å². The first-order chi connectivity index (χ1) is 9.26. The summed E-state index contributed by atoms with van der Waals surface area (Å²) in [7, 11) is 0. The summed E-state index contributed by atoms with van der Waals surface area (Å²) < 4.78 is 0. The molecule has 0 fully saturated rings. The Labute approximate surface area is 114 Å². The smallest absolute Gasteiger partial charge is 0.0950 e. The molecule has 2 rings (SSSR count). The number of benzene rings is 1. The van der Waals surface area contributed by atoms with E-state index in [1.165, 1.54) is 0 Å². The molecule has 19 heavy (non-hydrogen) atoms. The van der Waals surface area contributed by atoms with Crippen LogP contribution < -0.4 is 11.1 Å². The number of hydrogen-bond acceptors (Lipinski definition) is 4. The number of nitrogens with two attached hydrogens (primary N) is 1. The zero-order chi connectivity index (χ0) is 13.7. The quantitative estimate of drug-likeness (QED) is 0.836. The van der Waals surface area contributed by atoms with Crippen molar-refractivity contribution in [2.45, 2.75) is 32.7 Å². The van der Waals surface area contributed by atoms with Crippen LogP contribution in [0.4, 0.5) is 5.69 Å². The van der Waals surface area contributed by atoms with Crippen LogP contribution in [0.2, 0.25) is 0 Å². The number of nitrogens with one attached hydrogen (secondary N) is 1. The number of anilines is 1. The molecule has 1 atom stereocenters. The van der Waals surface area contributed by atoms with Crippen molar-refractivity contribution in [1.29, 1.82) is 0 Å². The molecule has 102 valence electrons. The van der Waals surface area contributed by atoms with Crippen LogP contribution in [0.5, 0.6) is 0 Å². The lowest BCUT2D eigenvalue weighted by Gasteiger charge is -2.22. The second-order valence-corrected chi connectivity index (χ2v) is 4.90. The van der Waals surface area contributed by atoms with Crippen LogP contribution in [0.25, 0.3) is 10.9 Å². The van der Waals surface area contributed by atoms with Gasteiger partial charge in [0.05, 0.1) is 17.4 Å². The third-order valence-corrected chi connectivity index (χ3v) is 3.73. The van der Waals surface area contributed by atoms with Gasteiger partial charge in [-0.25, -0.2) is 0 Å². The van der Waals surface area contributed by atoms with E-state index in [0.717, 1.165) is 36.0 Å². The first-order valence-corrected chi connectivity index (χ1v) is 6.96. The third-order valence-electron chi connectivity index (χ3n) is 3.73. The maximum absolute atomic E-state index is 6.23. The lowest BCUT2D eigenvalue weighted by Crippen LogP contribution is -2.36. The van der Waals surface area contributed by atoms with Crippen LogP contribution in [-0.2, 0) is 0 Å². The van der Waals surface area contributed by atoms with Gasteiger partial charge in [0.15, 0.2) is 0 Å². The predicted octanol–water partition coefficient (Wildman–Crippen LogP) is 2.81. The van der Waals surface area contributed by atoms with E-state index in [1.807, 2.05) is 18.2 Å². The minimum atomic E-state index is 0.168. The van der Waals surface area contributed by atoms with Gasteiger partial charge in [-0.15, -0.1) is 0 Å². The Morgan fingerprint density at radius 3 is 2.68 bits per heavy atom. The Morgan fingerprint density at radius 2 is 1.95 bits per heavy atom. The van der Waals surface area contributed by atoms with Crippen molar-refractivity contribution in [1.82, 2.24) is 10.2 Å². The summed E-state index contributed by atoms with van der Waals surface area (Å²) in [6, 6.07) is 8.16. The molecule has 0 radical (unpaired) electrons. The Morgan fingerprint density at radius 1 is 1.21 bits per heavy atom. The Balaban J connectivity index is 2.09. The van der Waals surface area contributed by atoms with Gasteiger partial charge < -0.3 is 11.1 Å². The highest BCUT2D eigenvalue weighted by atomic mass is 15.1. The molecule has 1 heterocycles. The van der Waals surface area contributed by atoms with Gasteiger partial charge in [0.2, 0.25) is 0 Å². The predicted molar refractivity (Wildman–Crippen MR) is 80.1 cm³/mol. The van der Waals surface area contributed by atoms with E-state index in [0.29, 0.717) is 5.92 Å². The lowest BCUT2D eigenvalue weighted by molar-refractivity contribution is 0.407. The van der Waals surface area contributed by atoms with Crippen molar-refractivity contribution in [3.05, 3.63) is 30.5 Å². The van der Waals surface area contributed by atoms with Gasteiger partial charge in [-0.1, -0.05) is 44.9 Å². The van der Waals surface area contributed by atoms with Crippen LogP contribution in [0, 0.1) is 5.92 Å². The molecule has 0 amide bonds. The lowest BCUT2D eigenvalue weighted by atomic mass is 9.95. The summed E-state index contributed by atoms with van der Waals surface area (Å²) in [5.41, 5.74) is 8.14. The first-order valence-electron chi connectivity index (χ1n) is 6.96. The van der Waals surface area contributed by atoms with Crippen LogP contribution in [0.1, 0.15) is 26.7 Å². The maximum Gasteiger partial charge on any atom is 0.0950 e. The van der Waals surface area contributed by atoms with E-state index in [2.05, 4.69) is 35.4 Å². The highest BCUT2D eigenvalue weighted by Gasteiger charge is 2.14. The van der Waals surface area contributed by atoms with E-state index >= 15 is 0 Å². The highest BCUT2D eigenvalue weighted by molar-refractivity contribution is 5.90. The summed E-state index contributed by atoms with van der Waals surface area (Å²) >= 11 is 0. The van der Waals surface area contributed by atoms with Gasteiger partial charge in [0.25, 0.3) is 0 Å². The molecular weight excluding hydrogens is 236 g/mol. The second kappa shape index (κ2) is 6.48. The summed E-state index contributed by atoms with van der Waals surface area (Å²) in [6.45, 7) is 5.15. The van der Waals surface area contributed by atoms with Crippen LogP contribution in [-0.4, -0.2) is 22.8 Å². The summed E-state index contributed by atoms with van der Waals surface area (Å²) in [6.07, 6.45) is 4.01. The monoisotopic (exact) mass is 258 g/mol. The fourth-order valence-electron chi connectivity index (χ4n) is 2.44. The van der Waals surface area contributed by atoms with E-state index in [9.17, 15) is 0 Å². The fourth-order valence-corrected chi connectivity index (χ4v) is 2.44. The first kappa shape index (κ1) is 13.7. The van der Waals surface area contributed by atoms with Crippen LogP contribution >= 0.6 is 0 Å². The zero-order valence-electron chi connectivity index (χ0n) is 11.6. The molecule has 0 aliphatic carbocycles. The van der Waals surface area contributed by atoms with Gasteiger partial charge >= 0.3 is 0 Å². The van der Waals surface area contributed by atoms with E-state index in [4.69, 9.17) is 5.73 Å². The largest absolute Gasteiger partial charge is 0.382 e. The standard InChI is InChI=1S/C15H22N4/c1-3-11(4-2)13(16)9-17-15-10-18-19-14-8-6-5-7-12(14)15/h5-8,10-11,13H,3-4,9,16H2,1-2H3,(H,17,19). The van der Waals surface area contributed by atoms with Crippen LogP contribution in [0.15, 0.2) is 30.5 Å². The number of nitrogens with zero attached hydrogens (tertiary/aromatic N) is 2. The number of hydrogen-bond donors (Lipinski definition) is 2. The second-order valence-electron chi connectivity index (χ2n) is 4.90. The van der Waals surface area contributed by atoms with E-state index < -0.39 is 0 Å². The number of rotatable bonds is 6. The number of aromatic nitrogens is 2. The minimum absolute atomic E-state index is 0.168. The van der Waals surface area contributed by atoms with Gasteiger partial charge in [-0.2, -0.15) is 10.2 Å². The van der Waals surface area contributed by atoms with Crippen LogP contribution in [0.3, 0.4) is 0 Å². The zero-order valence-corrected chi connectivity index (χ0v) is 11.6. The molecule has 1 aromatic heterocycles. The normalized spacial score (nSPS) is 12.8. The van der Waals surface area contributed by atoms with Crippen molar-refractivity contribution < 1.29 is 0 Å². The molecule has 1 aromatic carbocycles. The summed E-state index contributed by atoms with van der Waals surface area (Å²) in [5.74, 6) is 0.563. The molecule has 4 nitrogen and oxygen atoms in total. The molecule has 0 saturated carbocycles. The van der Waals surface area contributed by atoms with Crippen molar-refractivity contribution in [2.75, 3.05) is 11.9 Å². The minimum Gasteiger partial charge on any atom is -0.382 e. The third kappa shape index (κ3) is 3.20. The Bertz CT molecular complexity index is 517. The average molecular weight is 258 g/mol. The molecule has 1 unspecified atom stereocenters. The maximum atomic E-state index is 6.23. The molecule has 2 aromatic rings.